The topological polar surface area (TPSA) is 24.9 Å². The molecule has 1 heterocycles. The van der Waals surface area contributed by atoms with Gasteiger partial charge in [-0.2, -0.15) is 0 Å². The number of nitrogens with one attached hydrogen (secondary N) is 1. The van der Waals surface area contributed by atoms with Gasteiger partial charge in [0, 0.05) is 5.54 Å². The van der Waals surface area contributed by atoms with Crippen LogP contribution in [-0.2, 0) is 0 Å². The molecule has 1 fully saturated rings. The predicted molar refractivity (Wildman–Crippen MR) is 57.8 cm³/mol. The Bertz CT molecular complexity index is 308. The van der Waals surface area contributed by atoms with E-state index in [1.165, 1.54) is 19.3 Å². The Kier molecular flexibility index (Phi) is 2.28. The van der Waals surface area contributed by atoms with E-state index in [1.54, 1.807) is 0 Å². The van der Waals surface area contributed by atoms with Crippen LogP contribution in [0.4, 0.5) is 5.82 Å². The summed E-state index contributed by atoms with van der Waals surface area (Å²) in [5.41, 5.74) is 0.286. The second-order valence-electron chi connectivity index (χ2n) is 3.88. The molecule has 0 unspecified atom stereocenters. The fraction of sp³-hybridized carbons (Fsp3) is 0.500. The maximum atomic E-state index is 4.35. The highest BCUT2D eigenvalue weighted by Crippen LogP contribution is 2.34. The summed E-state index contributed by atoms with van der Waals surface area (Å²) >= 11 is 3.36. The summed E-state index contributed by atoms with van der Waals surface area (Å²) in [5.74, 6) is 0.969. The first-order valence-electron chi connectivity index (χ1n) is 4.59. The first-order chi connectivity index (χ1) is 6.18. The van der Waals surface area contributed by atoms with Crippen LogP contribution in [0.3, 0.4) is 0 Å². The van der Waals surface area contributed by atoms with E-state index in [1.807, 2.05) is 18.2 Å². The summed E-state index contributed by atoms with van der Waals surface area (Å²) in [5, 5.41) is 3.45. The average molecular weight is 241 g/mol. The number of hydrogen-bond acceptors (Lipinski definition) is 2. The molecule has 3 heteroatoms. The molecular weight excluding hydrogens is 228 g/mol. The molecule has 1 N–H and O–H groups in total. The van der Waals surface area contributed by atoms with Gasteiger partial charge in [0.15, 0.2) is 0 Å². The van der Waals surface area contributed by atoms with Crippen molar-refractivity contribution in [1.82, 2.24) is 4.98 Å². The van der Waals surface area contributed by atoms with Crippen LogP contribution in [0, 0.1) is 0 Å². The van der Waals surface area contributed by atoms with E-state index in [-0.39, 0.29) is 5.54 Å². The summed E-state index contributed by atoms with van der Waals surface area (Å²) in [7, 11) is 0. The smallest absolute Gasteiger partial charge is 0.127 e. The number of halogens is 1. The number of aromatic nitrogens is 1. The van der Waals surface area contributed by atoms with Gasteiger partial charge in [-0.15, -0.1) is 0 Å². The number of pyridine rings is 1. The lowest BCUT2D eigenvalue weighted by atomic mass is 9.78. The molecule has 0 spiro atoms. The minimum atomic E-state index is 0.286. The van der Waals surface area contributed by atoms with Gasteiger partial charge in [0.05, 0.1) is 0 Å². The van der Waals surface area contributed by atoms with Crippen LogP contribution >= 0.6 is 15.9 Å². The summed E-state index contributed by atoms with van der Waals surface area (Å²) in [6, 6.07) is 5.95. The van der Waals surface area contributed by atoms with Gasteiger partial charge in [-0.25, -0.2) is 4.98 Å². The third-order valence-corrected chi connectivity index (χ3v) is 3.04. The van der Waals surface area contributed by atoms with Gasteiger partial charge in [-0.05, 0) is 54.2 Å². The van der Waals surface area contributed by atoms with E-state index in [4.69, 9.17) is 0 Å². The standard InChI is InChI=1S/C10H13BrN2/c1-10(6-3-7-10)13-9-5-2-4-8(11)12-9/h2,4-5H,3,6-7H2,1H3,(H,12,13). The van der Waals surface area contributed by atoms with Crippen LogP contribution < -0.4 is 5.32 Å². The monoisotopic (exact) mass is 240 g/mol. The highest BCUT2D eigenvalue weighted by Gasteiger charge is 2.31. The van der Waals surface area contributed by atoms with Crippen molar-refractivity contribution in [3.8, 4) is 0 Å². The van der Waals surface area contributed by atoms with Gasteiger partial charge in [0.25, 0.3) is 0 Å². The molecule has 70 valence electrons. The predicted octanol–water partition coefficient (Wildman–Crippen LogP) is 3.20. The molecule has 1 aromatic rings. The number of rotatable bonds is 2. The molecule has 1 aliphatic rings. The van der Waals surface area contributed by atoms with E-state index in [0.717, 1.165) is 10.4 Å². The van der Waals surface area contributed by atoms with Crippen LogP contribution in [0.1, 0.15) is 26.2 Å². The molecular formula is C10H13BrN2. The van der Waals surface area contributed by atoms with Gasteiger partial charge in [-0.1, -0.05) is 6.07 Å². The minimum absolute atomic E-state index is 0.286. The lowest BCUT2D eigenvalue weighted by Crippen LogP contribution is -2.41. The molecule has 0 saturated heterocycles. The molecule has 13 heavy (non-hydrogen) atoms. The molecule has 1 aliphatic carbocycles. The molecule has 2 rings (SSSR count). The first-order valence-corrected chi connectivity index (χ1v) is 5.38. The van der Waals surface area contributed by atoms with Crippen LogP contribution in [0.2, 0.25) is 0 Å². The second-order valence-corrected chi connectivity index (χ2v) is 4.70. The van der Waals surface area contributed by atoms with Crippen molar-refractivity contribution in [2.24, 2.45) is 0 Å². The van der Waals surface area contributed by atoms with E-state index in [9.17, 15) is 0 Å². The Balaban J connectivity index is 2.09. The van der Waals surface area contributed by atoms with Crippen molar-refractivity contribution < 1.29 is 0 Å². The van der Waals surface area contributed by atoms with E-state index < -0.39 is 0 Å². The van der Waals surface area contributed by atoms with Crippen molar-refractivity contribution in [2.75, 3.05) is 5.32 Å². The van der Waals surface area contributed by atoms with E-state index >= 15 is 0 Å². The SMILES string of the molecule is CC1(Nc2cccc(Br)n2)CCC1. The van der Waals surface area contributed by atoms with Crippen molar-refractivity contribution in [1.29, 1.82) is 0 Å². The molecule has 0 atom stereocenters. The zero-order valence-corrected chi connectivity index (χ0v) is 9.26. The van der Waals surface area contributed by atoms with Crippen LogP contribution in [0.5, 0.6) is 0 Å². The molecule has 1 aromatic heterocycles. The number of hydrogen-bond donors (Lipinski definition) is 1. The quantitative estimate of drug-likeness (QED) is 0.804. The lowest BCUT2D eigenvalue weighted by Gasteiger charge is -2.39. The minimum Gasteiger partial charge on any atom is -0.365 e. The molecule has 0 radical (unpaired) electrons. The van der Waals surface area contributed by atoms with Crippen LogP contribution in [0.25, 0.3) is 0 Å². The maximum absolute atomic E-state index is 4.35. The van der Waals surface area contributed by atoms with E-state index in [2.05, 4.69) is 33.2 Å². The van der Waals surface area contributed by atoms with Gasteiger partial charge in [0.2, 0.25) is 0 Å². The van der Waals surface area contributed by atoms with E-state index in [0.29, 0.717) is 0 Å². The molecule has 0 amide bonds. The van der Waals surface area contributed by atoms with Crippen molar-refractivity contribution in [3.05, 3.63) is 22.8 Å². The van der Waals surface area contributed by atoms with Crippen LogP contribution in [0.15, 0.2) is 22.8 Å². The third-order valence-electron chi connectivity index (χ3n) is 2.60. The van der Waals surface area contributed by atoms with Crippen molar-refractivity contribution >= 4 is 21.7 Å². The van der Waals surface area contributed by atoms with Crippen molar-refractivity contribution in [2.45, 2.75) is 31.7 Å². The Morgan fingerprint density at radius 3 is 2.77 bits per heavy atom. The number of anilines is 1. The van der Waals surface area contributed by atoms with Crippen LogP contribution in [-0.4, -0.2) is 10.5 Å². The molecule has 0 aromatic carbocycles. The fourth-order valence-electron chi connectivity index (χ4n) is 1.62. The third kappa shape index (κ3) is 2.02. The largest absolute Gasteiger partial charge is 0.365 e. The van der Waals surface area contributed by atoms with Gasteiger partial charge < -0.3 is 5.32 Å². The molecule has 1 saturated carbocycles. The highest BCUT2D eigenvalue weighted by molar-refractivity contribution is 9.10. The Morgan fingerprint density at radius 2 is 2.23 bits per heavy atom. The first kappa shape index (κ1) is 9.00. The summed E-state index contributed by atoms with van der Waals surface area (Å²) in [4.78, 5) is 4.35. The zero-order valence-electron chi connectivity index (χ0n) is 7.68. The van der Waals surface area contributed by atoms with Crippen molar-refractivity contribution in [3.63, 3.8) is 0 Å². The zero-order chi connectivity index (χ0) is 9.31. The normalized spacial score (nSPS) is 19.2. The second kappa shape index (κ2) is 3.29. The molecule has 0 aliphatic heterocycles. The Labute approximate surface area is 86.9 Å². The summed E-state index contributed by atoms with van der Waals surface area (Å²) < 4.78 is 0.889. The Morgan fingerprint density at radius 1 is 1.46 bits per heavy atom. The highest BCUT2D eigenvalue weighted by atomic mass is 79.9. The Hall–Kier alpha value is -0.570. The lowest BCUT2D eigenvalue weighted by molar-refractivity contribution is 0.305. The number of nitrogens with zero attached hydrogens (tertiary/aromatic N) is 1. The maximum Gasteiger partial charge on any atom is 0.127 e. The summed E-state index contributed by atoms with van der Waals surface area (Å²) in [6.45, 7) is 2.25. The molecule has 0 bridgehead atoms. The van der Waals surface area contributed by atoms with Gasteiger partial charge in [0.1, 0.15) is 10.4 Å². The van der Waals surface area contributed by atoms with Gasteiger partial charge in [-0.3, -0.25) is 0 Å². The summed E-state index contributed by atoms with van der Waals surface area (Å²) in [6.07, 6.45) is 3.83. The average Bonchev–Trinajstić information content (AvgIpc) is 2.01. The molecule has 2 nitrogen and oxygen atoms in total. The van der Waals surface area contributed by atoms with Gasteiger partial charge >= 0.3 is 0 Å². The fourth-order valence-corrected chi connectivity index (χ4v) is 1.96.